The summed E-state index contributed by atoms with van der Waals surface area (Å²) in [4.78, 5) is 40.3. The molecule has 0 unspecified atom stereocenters. The van der Waals surface area contributed by atoms with E-state index in [1.807, 2.05) is 4.90 Å². The van der Waals surface area contributed by atoms with Crippen LogP contribution in [-0.2, 0) is 24.3 Å². The normalized spacial score (nSPS) is 19.0. The van der Waals surface area contributed by atoms with Crippen molar-refractivity contribution >= 4 is 40.0 Å². The monoisotopic (exact) mass is 669 g/mol. The molecule has 1 aromatic carbocycles. The maximum Gasteiger partial charge on any atom is 0.263 e. The summed E-state index contributed by atoms with van der Waals surface area (Å²) in [5.74, 6) is -3.51. The molecule has 3 aromatic heterocycles. The van der Waals surface area contributed by atoms with Gasteiger partial charge in [0.2, 0.25) is 17.7 Å². The Balaban J connectivity index is 1.20. The Morgan fingerprint density at radius 1 is 1.13 bits per heavy atom. The largest absolute Gasteiger partial charge is 0.505 e. The zero-order valence-electron chi connectivity index (χ0n) is 26.3. The highest BCUT2D eigenvalue weighted by atomic mass is 35.5. The van der Waals surface area contributed by atoms with E-state index in [4.69, 9.17) is 11.6 Å². The number of carbonyl (C=O) groups is 1. The van der Waals surface area contributed by atoms with Gasteiger partial charge >= 0.3 is 0 Å². The van der Waals surface area contributed by atoms with Crippen molar-refractivity contribution in [1.82, 2.24) is 24.0 Å². The van der Waals surface area contributed by atoms with E-state index in [2.05, 4.69) is 34.0 Å². The van der Waals surface area contributed by atoms with Crippen LogP contribution < -0.4 is 15.8 Å². The van der Waals surface area contributed by atoms with Crippen LogP contribution in [0.3, 0.4) is 0 Å². The summed E-state index contributed by atoms with van der Waals surface area (Å²) < 4.78 is 47.8. The molecule has 1 aliphatic carbocycles. The van der Waals surface area contributed by atoms with Gasteiger partial charge in [0.05, 0.1) is 11.1 Å². The molecule has 2 atom stereocenters. The maximum absolute atomic E-state index is 15.2. The zero-order valence-corrected chi connectivity index (χ0v) is 27.0. The predicted octanol–water partition coefficient (Wildman–Crippen LogP) is 5.24. The second-order valence-electron chi connectivity index (χ2n) is 13.0. The lowest BCUT2D eigenvalue weighted by atomic mass is 10.0. The minimum absolute atomic E-state index is 0.0197. The molecule has 3 aliphatic rings. The SMILES string of the molecule is Cc1cc(-c2cn(CC(=O)Nc3cc(N4CCN([C@@H](C)C5CC5)C[C@@H]4C)nc(F)c3Cl)c3nc4n(c(=O)c23)CCC4)c(F)c(F)c1O. The van der Waals surface area contributed by atoms with E-state index in [1.54, 1.807) is 6.07 Å². The third-order valence-electron chi connectivity index (χ3n) is 9.82. The quantitative estimate of drug-likeness (QED) is 0.259. The maximum atomic E-state index is 15.2. The van der Waals surface area contributed by atoms with Crippen LogP contribution in [0.25, 0.3) is 22.2 Å². The number of aryl methyl sites for hydroxylation is 2. The lowest BCUT2D eigenvalue weighted by molar-refractivity contribution is -0.116. The fraction of sp³-hybridized carbons (Fsp3) is 0.455. The molecule has 1 amide bonds. The van der Waals surface area contributed by atoms with E-state index in [-0.39, 0.29) is 44.5 Å². The number of nitrogens with one attached hydrogen (secondary N) is 1. The van der Waals surface area contributed by atoms with Gasteiger partial charge in [-0.3, -0.25) is 19.1 Å². The molecule has 248 valence electrons. The second-order valence-corrected chi connectivity index (χ2v) is 13.3. The molecule has 0 bridgehead atoms. The molecular formula is C33H35ClF3N7O3. The smallest absolute Gasteiger partial charge is 0.263 e. The lowest BCUT2D eigenvalue weighted by Gasteiger charge is -2.43. The minimum Gasteiger partial charge on any atom is -0.505 e. The molecule has 47 heavy (non-hydrogen) atoms. The van der Waals surface area contributed by atoms with Crippen molar-refractivity contribution in [3.63, 3.8) is 0 Å². The van der Waals surface area contributed by atoms with E-state index in [9.17, 15) is 19.1 Å². The molecule has 0 spiro atoms. The predicted molar refractivity (Wildman–Crippen MR) is 172 cm³/mol. The Bertz CT molecular complexity index is 1990. The third-order valence-corrected chi connectivity index (χ3v) is 10.2. The van der Waals surface area contributed by atoms with Gasteiger partial charge in [-0.15, -0.1) is 0 Å². The lowest BCUT2D eigenvalue weighted by Crippen LogP contribution is -2.55. The number of rotatable bonds is 7. The highest BCUT2D eigenvalue weighted by Crippen LogP contribution is 2.38. The molecule has 1 saturated carbocycles. The number of piperazine rings is 1. The molecule has 0 radical (unpaired) electrons. The second kappa shape index (κ2) is 11.9. The van der Waals surface area contributed by atoms with Crippen molar-refractivity contribution in [2.45, 2.75) is 71.6 Å². The number of fused-ring (bicyclic) bond motifs is 2. The van der Waals surface area contributed by atoms with Gasteiger partial charge in [0.25, 0.3) is 5.56 Å². The topological polar surface area (TPSA) is 109 Å². The first-order valence-corrected chi connectivity index (χ1v) is 16.3. The van der Waals surface area contributed by atoms with E-state index >= 15 is 8.78 Å². The number of hydrogen-bond acceptors (Lipinski definition) is 7. The van der Waals surface area contributed by atoms with Gasteiger partial charge in [-0.25, -0.2) is 14.4 Å². The zero-order chi connectivity index (χ0) is 33.3. The van der Waals surface area contributed by atoms with Gasteiger partial charge in [-0.05, 0) is 57.6 Å². The number of aromatic nitrogens is 4. The van der Waals surface area contributed by atoms with Crippen LogP contribution in [0.2, 0.25) is 5.02 Å². The van der Waals surface area contributed by atoms with Gasteiger partial charge in [0, 0.05) is 68.1 Å². The number of hydrogen-bond donors (Lipinski definition) is 2. The molecule has 7 rings (SSSR count). The van der Waals surface area contributed by atoms with Crippen LogP contribution in [0.15, 0.2) is 23.1 Å². The molecule has 10 nitrogen and oxygen atoms in total. The third kappa shape index (κ3) is 5.52. The first kappa shape index (κ1) is 31.5. The summed E-state index contributed by atoms with van der Waals surface area (Å²) in [6, 6.07) is 3.34. The summed E-state index contributed by atoms with van der Waals surface area (Å²) >= 11 is 6.28. The average molecular weight is 670 g/mol. The fourth-order valence-corrected chi connectivity index (χ4v) is 7.18. The van der Waals surface area contributed by atoms with Crippen LogP contribution >= 0.6 is 11.6 Å². The van der Waals surface area contributed by atoms with Gasteiger partial charge in [-0.1, -0.05) is 11.6 Å². The van der Waals surface area contributed by atoms with Crippen LogP contribution in [0.4, 0.5) is 24.7 Å². The van der Waals surface area contributed by atoms with Crippen LogP contribution in [-0.4, -0.2) is 66.7 Å². The number of phenolic OH excluding ortho intramolecular Hbond substituents is 1. The Kier molecular flexibility index (Phi) is 7.94. The highest BCUT2D eigenvalue weighted by Gasteiger charge is 2.36. The molecule has 2 N–H and O–H groups in total. The number of anilines is 2. The van der Waals surface area contributed by atoms with Gasteiger partial charge in [0.15, 0.2) is 11.6 Å². The molecule has 14 heteroatoms. The number of halogens is 4. The van der Waals surface area contributed by atoms with E-state index in [0.717, 1.165) is 19.0 Å². The average Bonchev–Trinajstić information content (AvgIpc) is 3.68. The summed E-state index contributed by atoms with van der Waals surface area (Å²) in [5, 5.41) is 12.3. The molecule has 2 aliphatic heterocycles. The first-order chi connectivity index (χ1) is 22.4. The van der Waals surface area contributed by atoms with Gasteiger partial charge in [-0.2, -0.15) is 8.78 Å². The number of nitrogens with zero attached hydrogens (tertiary/aromatic N) is 6. The molecule has 4 aromatic rings. The molecular weight excluding hydrogens is 635 g/mol. The standard InChI is InChI=1S/C33H35ClF3N7O3/c1-16-11-20(28(35)29(36)30(16)46)21-14-42(32-26(21)33(47)44-8-4-5-23(44)40-32)15-25(45)38-22-12-24(39-31(37)27(22)34)43-10-9-41(13-17(43)2)18(3)19-6-7-19/h11-12,14,17-19,46H,4-10,13,15H2,1-3H3,(H,38,39,45)/t17-,18-/m0/s1. The van der Waals surface area contributed by atoms with Crippen molar-refractivity contribution in [3.05, 3.63) is 62.7 Å². The Morgan fingerprint density at radius 2 is 1.89 bits per heavy atom. The number of benzene rings is 1. The van der Waals surface area contributed by atoms with Crippen molar-refractivity contribution in [1.29, 1.82) is 0 Å². The van der Waals surface area contributed by atoms with E-state index in [1.165, 1.54) is 41.2 Å². The molecule has 1 saturated heterocycles. The summed E-state index contributed by atoms with van der Waals surface area (Å²) in [7, 11) is 0. The number of pyridine rings is 1. The summed E-state index contributed by atoms with van der Waals surface area (Å²) in [6.07, 6.45) is 5.11. The fourth-order valence-electron chi connectivity index (χ4n) is 7.03. The number of amides is 1. The minimum atomic E-state index is -1.44. The summed E-state index contributed by atoms with van der Waals surface area (Å²) in [5.41, 5.74) is -0.418. The van der Waals surface area contributed by atoms with E-state index < -0.39 is 41.3 Å². The van der Waals surface area contributed by atoms with Crippen molar-refractivity contribution in [2.24, 2.45) is 5.92 Å². The number of carbonyl (C=O) groups excluding carboxylic acids is 1. The summed E-state index contributed by atoms with van der Waals surface area (Å²) in [6.45, 7) is 8.01. The Hall–Kier alpha value is -4.10. The Morgan fingerprint density at radius 3 is 2.62 bits per heavy atom. The van der Waals surface area contributed by atoms with Gasteiger partial charge < -0.3 is 19.9 Å². The number of phenols is 1. The van der Waals surface area contributed by atoms with Crippen molar-refractivity contribution < 1.29 is 23.1 Å². The molecule has 5 heterocycles. The van der Waals surface area contributed by atoms with Crippen LogP contribution in [0.5, 0.6) is 5.75 Å². The Labute approximate surface area is 273 Å². The highest BCUT2D eigenvalue weighted by molar-refractivity contribution is 6.33. The molecule has 2 fully saturated rings. The van der Waals surface area contributed by atoms with Crippen LogP contribution in [0, 0.1) is 30.4 Å². The first-order valence-electron chi connectivity index (χ1n) is 15.9. The van der Waals surface area contributed by atoms with Gasteiger partial charge in [0.1, 0.15) is 28.9 Å². The van der Waals surface area contributed by atoms with E-state index in [0.29, 0.717) is 43.6 Å². The van der Waals surface area contributed by atoms with Crippen molar-refractivity contribution in [3.8, 4) is 16.9 Å². The number of aromatic hydroxyl groups is 1. The van der Waals surface area contributed by atoms with Crippen molar-refractivity contribution in [2.75, 3.05) is 29.9 Å². The van der Waals surface area contributed by atoms with Crippen LogP contribution in [0.1, 0.15) is 44.5 Å².